The molecule has 3 rings (SSSR count). The largest absolute Gasteiger partial charge is 0.368 e. The number of halogens is 1. The molecular weight excluding hydrogens is 340 g/mol. The van der Waals surface area contributed by atoms with E-state index in [-0.39, 0.29) is 11.8 Å². The van der Waals surface area contributed by atoms with Crippen LogP contribution in [0.2, 0.25) is 5.02 Å². The van der Waals surface area contributed by atoms with Crippen LogP contribution >= 0.6 is 11.6 Å². The Morgan fingerprint density at radius 3 is 2.64 bits per heavy atom. The predicted molar refractivity (Wildman–Crippen MR) is 99.3 cm³/mol. The number of anilines is 2. The van der Waals surface area contributed by atoms with Crippen molar-refractivity contribution in [3.8, 4) is 0 Å². The normalized spacial score (nSPS) is 15.6. The maximum absolute atomic E-state index is 12.2. The molecule has 1 aromatic heterocycles. The summed E-state index contributed by atoms with van der Waals surface area (Å²) in [7, 11) is 0. The standard InChI is InChI=1S/C18H23ClN4O2/c1-13(2)15-11-18(25-21-15)20-17(24)12-22-7-9-23(10-8-22)16-6-4-3-5-14(16)19/h3-6,11,13H,7-10,12H2,1-2H3,(H,20,24). The van der Waals surface area contributed by atoms with Crippen molar-refractivity contribution in [2.24, 2.45) is 0 Å². The molecule has 6 nitrogen and oxygen atoms in total. The second kappa shape index (κ2) is 7.89. The lowest BCUT2D eigenvalue weighted by molar-refractivity contribution is -0.117. The number of carbonyl (C=O) groups is 1. The van der Waals surface area contributed by atoms with E-state index >= 15 is 0 Å². The summed E-state index contributed by atoms with van der Waals surface area (Å²) in [5, 5.41) is 7.48. The number of amides is 1. The zero-order valence-electron chi connectivity index (χ0n) is 14.5. The first-order valence-corrected chi connectivity index (χ1v) is 8.89. The molecule has 134 valence electrons. The Morgan fingerprint density at radius 2 is 2.00 bits per heavy atom. The topological polar surface area (TPSA) is 61.6 Å². The molecule has 25 heavy (non-hydrogen) atoms. The first kappa shape index (κ1) is 17.8. The molecule has 0 unspecified atom stereocenters. The predicted octanol–water partition coefficient (Wildman–Crippen LogP) is 3.21. The van der Waals surface area contributed by atoms with Gasteiger partial charge in [-0.3, -0.25) is 15.0 Å². The molecule has 1 aliphatic rings. The van der Waals surface area contributed by atoms with Gasteiger partial charge in [0.25, 0.3) is 0 Å². The summed E-state index contributed by atoms with van der Waals surface area (Å²) < 4.78 is 5.15. The van der Waals surface area contributed by atoms with Gasteiger partial charge < -0.3 is 9.42 Å². The second-order valence-corrected chi connectivity index (χ2v) is 6.94. The molecule has 2 heterocycles. The molecule has 1 N–H and O–H groups in total. The molecule has 1 amide bonds. The van der Waals surface area contributed by atoms with E-state index in [9.17, 15) is 4.79 Å². The van der Waals surface area contributed by atoms with Gasteiger partial charge >= 0.3 is 0 Å². The van der Waals surface area contributed by atoms with E-state index in [0.29, 0.717) is 12.4 Å². The minimum absolute atomic E-state index is 0.0855. The van der Waals surface area contributed by atoms with Gasteiger partial charge in [-0.15, -0.1) is 0 Å². The van der Waals surface area contributed by atoms with Crippen molar-refractivity contribution >= 4 is 29.1 Å². The van der Waals surface area contributed by atoms with E-state index in [2.05, 4.69) is 20.3 Å². The Labute approximate surface area is 152 Å². The zero-order chi connectivity index (χ0) is 17.8. The highest BCUT2D eigenvalue weighted by Gasteiger charge is 2.21. The van der Waals surface area contributed by atoms with E-state index in [1.165, 1.54) is 0 Å². The Kier molecular flexibility index (Phi) is 5.60. The molecule has 0 atom stereocenters. The third-order valence-electron chi connectivity index (χ3n) is 4.32. The molecule has 0 radical (unpaired) electrons. The van der Waals surface area contributed by atoms with Crippen LogP contribution in [0.25, 0.3) is 0 Å². The zero-order valence-corrected chi connectivity index (χ0v) is 15.3. The third kappa shape index (κ3) is 4.52. The molecule has 1 fully saturated rings. The van der Waals surface area contributed by atoms with Crippen molar-refractivity contribution in [3.63, 3.8) is 0 Å². The number of hydrogen-bond donors (Lipinski definition) is 1. The highest BCUT2D eigenvalue weighted by atomic mass is 35.5. The number of para-hydroxylation sites is 1. The van der Waals surface area contributed by atoms with Crippen LogP contribution in [-0.4, -0.2) is 48.7 Å². The summed E-state index contributed by atoms with van der Waals surface area (Å²) in [5.41, 5.74) is 1.89. The summed E-state index contributed by atoms with van der Waals surface area (Å²) in [6.07, 6.45) is 0. The molecule has 7 heteroatoms. The molecule has 0 spiro atoms. The SMILES string of the molecule is CC(C)c1cc(NC(=O)CN2CCN(c3ccccc3Cl)CC2)on1. The lowest BCUT2D eigenvalue weighted by Crippen LogP contribution is -2.48. The number of rotatable bonds is 5. The monoisotopic (exact) mass is 362 g/mol. The molecule has 0 saturated carbocycles. The second-order valence-electron chi connectivity index (χ2n) is 6.53. The van der Waals surface area contributed by atoms with Gasteiger partial charge in [0.2, 0.25) is 11.8 Å². The van der Waals surface area contributed by atoms with Crippen LogP contribution in [0.15, 0.2) is 34.9 Å². The molecule has 2 aromatic rings. The van der Waals surface area contributed by atoms with Crippen LogP contribution in [-0.2, 0) is 4.79 Å². The number of nitrogens with one attached hydrogen (secondary N) is 1. The minimum Gasteiger partial charge on any atom is -0.368 e. The van der Waals surface area contributed by atoms with Gasteiger partial charge in [0.1, 0.15) is 0 Å². The first-order chi connectivity index (χ1) is 12.0. The Bertz CT molecular complexity index is 723. The van der Waals surface area contributed by atoms with Crippen LogP contribution in [0.3, 0.4) is 0 Å². The number of hydrogen-bond acceptors (Lipinski definition) is 5. The molecule has 0 bridgehead atoms. The minimum atomic E-state index is -0.0855. The van der Waals surface area contributed by atoms with Crippen molar-refractivity contribution < 1.29 is 9.32 Å². The van der Waals surface area contributed by atoms with Crippen LogP contribution in [0.4, 0.5) is 11.6 Å². The average molecular weight is 363 g/mol. The van der Waals surface area contributed by atoms with Crippen molar-refractivity contribution in [2.75, 3.05) is 42.9 Å². The summed E-state index contributed by atoms with van der Waals surface area (Å²) in [6, 6.07) is 9.63. The molecular formula is C18H23ClN4O2. The van der Waals surface area contributed by atoms with E-state index in [1.807, 2.05) is 38.1 Å². The van der Waals surface area contributed by atoms with E-state index in [0.717, 1.165) is 42.6 Å². The first-order valence-electron chi connectivity index (χ1n) is 8.51. The van der Waals surface area contributed by atoms with Gasteiger partial charge in [0.05, 0.1) is 22.9 Å². The third-order valence-corrected chi connectivity index (χ3v) is 4.63. The quantitative estimate of drug-likeness (QED) is 0.884. The Morgan fingerprint density at radius 1 is 1.28 bits per heavy atom. The van der Waals surface area contributed by atoms with Crippen LogP contribution in [0, 0.1) is 0 Å². The van der Waals surface area contributed by atoms with Crippen molar-refractivity contribution in [3.05, 3.63) is 41.0 Å². The number of carbonyl (C=O) groups excluding carboxylic acids is 1. The van der Waals surface area contributed by atoms with Gasteiger partial charge in [0, 0.05) is 32.2 Å². The van der Waals surface area contributed by atoms with Gasteiger partial charge in [-0.1, -0.05) is 42.7 Å². The highest BCUT2D eigenvalue weighted by Crippen LogP contribution is 2.26. The van der Waals surface area contributed by atoms with Gasteiger partial charge in [0.15, 0.2) is 0 Å². The fraction of sp³-hybridized carbons (Fsp3) is 0.444. The highest BCUT2D eigenvalue weighted by molar-refractivity contribution is 6.33. The molecule has 0 aliphatic carbocycles. The maximum atomic E-state index is 12.2. The number of aromatic nitrogens is 1. The van der Waals surface area contributed by atoms with E-state index in [1.54, 1.807) is 6.07 Å². The fourth-order valence-corrected chi connectivity index (χ4v) is 3.11. The summed E-state index contributed by atoms with van der Waals surface area (Å²) in [6.45, 7) is 7.71. The summed E-state index contributed by atoms with van der Waals surface area (Å²) in [5.74, 6) is 0.591. The van der Waals surface area contributed by atoms with E-state index in [4.69, 9.17) is 16.1 Å². The number of piperazine rings is 1. The lowest BCUT2D eigenvalue weighted by Gasteiger charge is -2.36. The van der Waals surface area contributed by atoms with Crippen molar-refractivity contribution in [2.45, 2.75) is 19.8 Å². The van der Waals surface area contributed by atoms with Crippen LogP contribution in [0.1, 0.15) is 25.5 Å². The Balaban J connectivity index is 1.48. The molecule has 1 aromatic carbocycles. The van der Waals surface area contributed by atoms with Gasteiger partial charge in [-0.05, 0) is 18.1 Å². The smallest absolute Gasteiger partial charge is 0.240 e. The molecule has 1 saturated heterocycles. The van der Waals surface area contributed by atoms with Crippen molar-refractivity contribution in [1.29, 1.82) is 0 Å². The fourth-order valence-electron chi connectivity index (χ4n) is 2.85. The van der Waals surface area contributed by atoms with Crippen LogP contribution in [0.5, 0.6) is 0 Å². The van der Waals surface area contributed by atoms with Gasteiger partial charge in [-0.25, -0.2) is 0 Å². The number of nitrogens with zero attached hydrogens (tertiary/aromatic N) is 3. The Hall–Kier alpha value is -2.05. The summed E-state index contributed by atoms with van der Waals surface area (Å²) >= 11 is 6.26. The maximum Gasteiger partial charge on any atom is 0.240 e. The summed E-state index contributed by atoms with van der Waals surface area (Å²) in [4.78, 5) is 16.6. The van der Waals surface area contributed by atoms with Crippen LogP contribution < -0.4 is 10.2 Å². The average Bonchev–Trinajstić information content (AvgIpc) is 3.05. The van der Waals surface area contributed by atoms with Crippen molar-refractivity contribution in [1.82, 2.24) is 10.1 Å². The lowest BCUT2D eigenvalue weighted by atomic mass is 10.1. The molecule has 1 aliphatic heterocycles. The van der Waals surface area contributed by atoms with E-state index < -0.39 is 0 Å². The van der Waals surface area contributed by atoms with Gasteiger partial charge in [-0.2, -0.15) is 0 Å². The number of benzene rings is 1.